The van der Waals surface area contributed by atoms with Crippen molar-refractivity contribution < 1.29 is 9.53 Å². The van der Waals surface area contributed by atoms with Gasteiger partial charge < -0.3 is 15.4 Å². The Bertz CT molecular complexity index is 969. The molecule has 4 rings (SSSR count). The zero-order chi connectivity index (χ0) is 18.6. The summed E-state index contributed by atoms with van der Waals surface area (Å²) in [5.41, 5.74) is 1.17. The van der Waals surface area contributed by atoms with Crippen molar-refractivity contribution >= 4 is 22.8 Å². The normalized spacial score (nSPS) is 14.3. The third kappa shape index (κ3) is 3.97. The van der Waals surface area contributed by atoms with Crippen LogP contribution >= 0.6 is 0 Å². The minimum Gasteiger partial charge on any atom is -0.457 e. The number of benzene rings is 1. The summed E-state index contributed by atoms with van der Waals surface area (Å²) in [6.45, 7) is 0. The standard InChI is InChI=1S/C20H21N5O2/c1-21-19(26)18-11-16(8-9-22-18)27-15-6-7-17-13(10-15)12-23-20(25-17)24-14-4-2-3-5-14/h6-12,14H,2-5H2,1H3,(H,21,26)(H,23,24,25). The van der Waals surface area contributed by atoms with Crippen molar-refractivity contribution in [3.63, 3.8) is 0 Å². The summed E-state index contributed by atoms with van der Waals surface area (Å²) in [5, 5.41) is 6.85. The molecule has 7 nitrogen and oxygen atoms in total. The highest BCUT2D eigenvalue weighted by molar-refractivity contribution is 5.92. The Morgan fingerprint density at radius 3 is 2.74 bits per heavy atom. The summed E-state index contributed by atoms with van der Waals surface area (Å²) in [6, 6.07) is 9.44. The number of nitrogens with one attached hydrogen (secondary N) is 2. The molecule has 1 fully saturated rings. The second-order valence-electron chi connectivity index (χ2n) is 6.60. The van der Waals surface area contributed by atoms with E-state index in [0.717, 1.165) is 10.9 Å². The van der Waals surface area contributed by atoms with E-state index in [2.05, 4.69) is 25.6 Å². The molecule has 1 amide bonds. The average Bonchev–Trinajstić information content (AvgIpc) is 3.20. The van der Waals surface area contributed by atoms with Crippen LogP contribution in [0.25, 0.3) is 10.9 Å². The molecule has 2 aromatic heterocycles. The van der Waals surface area contributed by atoms with Crippen LogP contribution < -0.4 is 15.4 Å². The van der Waals surface area contributed by atoms with E-state index in [0.29, 0.717) is 29.2 Å². The van der Waals surface area contributed by atoms with Gasteiger partial charge >= 0.3 is 0 Å². The van der Waals surface area contributed by atoms with Crippen LogP contribution in [-0.4, -0.2) is 33.9 Å². The highest BCUT2D eigenvalue weighted by Gasteiger charge is 2.15. The van der Waals surface area contributed by atoms with Crippen LogP contribution in [-0.2, 0) is 0 Å². The van der Waals surface area contributed by atoms with E-state index >= 15 is 0 Å². The molecule has 2 N–H and O–H groups in total. The topological polar surface area (TPSA) is 89.0 Å². The maximum absolute atomic E-state index is 11.7. The zero-order valence-electron chi connectivity index (χ0n) is 15.1. The van der Waals surface area contributed by atoms with Gasteiger partial charge in [-0.1, -0.05) is 12.8 Å². The summed E-state index contributed by atoms with van der Waals surface area (Å²) >= 11 is 0. The number of aromatic nitrogens is 3. The van der Waals surface area contributed by atoms with Gasteiger partial charge in [0.2, 0.25) is 5.95 Å². The Hall–Kier alpha value is -3.22. The van der Waals surface area contributed by atoms with Crippen LogP contribution in [0.3, 0.4) is 0 Å². The largest absolute Gasteiger partial charge is 0.457 e. The lowest BCUT2D eigenvalue weighted by Crippen LogP contribution is -2.18. The Labute approximate surface area is 157 Å². The molecule has 0 bridgehead atoms. The first-order chi connectivity index (χ1) is 13.2. The molecule has 3 aromatic rings. The van der Waals surface area contributed by atoms with Crippen molar-refractivity contribution in [2.45, 2.75) is 31.7 Å². The molecule has 0 spiro atoms. The molecule has 0 radical (unpaired) electrons. The summed E-state index contributed by atoms with van der Waals surface area (Å²) in [4.78, 5) is 24.8. The molecule has 0 atom stereocenters. The molecule has 1 aliphatic rings. The molecule has 0 aliphatic heterocycles. The van der Waals surface area contributed by atoms with Gasteiger partial charge in [0.05, 0.1) is 5.52 Å². The van der Waals surface area contributed by atoms with E-state index in [1.807, 2.05) is 18.2 Å². The van der Waals surface area contributed by atoms with Gasteiger partial charge in [0.1, 0.15) is 17.2 Å². The van der Waals surface area contributed by atoms with Gasteiger partial charge in [-0.3, -0.25) is 9.78 Å². The van der Waals surface area contributed by atoms with Gasteiger partial charge in [0.25, 0.3) is 5.91 Å². The van der Waals surface area contributed by atoms with E-state index < -0.39 is 0 Å². The minimum absolute atomic E-state index is 0.255. The number of hydrogen-bond donors (Lipinski definition) is 2. The second kappa shape index (κ2) is 7.57. The number of fused-ring (bicyclic) bond motifs is 1. The number of rotatable bonds is 5. The van der Waals surface area contributed by atoms with Crippen molar-refractivity contribution in [3.05, 3.63) is 48.4 Å². The molecule has 0 saturated heterocycles. The van der Waals surface area contributed by atoms with Crippen LogP contribution in [0.15, 0.2) is 42.7 Å². The number of carbonyl (C=O) groups is 1. The molecule has 2 heterocycles. The van der Waals surface area contributed by atoms with Crippen molar-refractivity contribution in [1.29, 1.82) is 0 Å². The van der Waals surface area contributed by atoms with Crippen LogP contribution in [0, 0.1) is 0 Å². The second-order valence-corrected chi connectivity index (χ2v) is 6.60. The Balaban J connectivity index is 1.52. The highest BCUT2D eigenvalue weighted by Crippen LogP contribution is 2.26. The van der Waals surface area contributed by atoms with Gasteiger partial charge in [-0.25, -0.2) is 9.97 Å². The minimum atomic E-state index is -0.255. The maximum Gasteiger partial charge on any atom is 0.269 e. The smallest absolute Gasteiger partial charge is 0.269 e. The van der Waals surface area contributed by atoms with Crippen LogP contribution in [0.2, 0.25) is 0 Å². The third-order valence-electron chi connectivity index (χ3n) is 4.67. The Kier molecular flexibility index (Phi) is 4.82. The Morgan fingerprint density at radius 2 is 1.93 bits per heavy atom. The lowest BCUT2D eigenvalue weighted by atomic mass is 10.2. The van der Waals surface area contributed by atoms with E-state index in [1.165, 1.54) is 25.7 Å². The summed E-state index contributed by atoms with van der Waals surface area (Å²) in [7, 11) is 1.57. The van der Waals surface area contributed by atoms with Crippen LogP contribution in [0.4, 0.5) is 5.95 Å². The van der Waals surface area contributed by atoms with Gasteiger partial charge in [-0.2, -0.15) is 0 Å². The van der Waals surface area contributed by atoms with Crippen molar-refractivity contribution in [1.82, 2.24) is 20.3 Å². The van der Waals surface area contributed by atoms with Crippen molar-refractivity contribution in [2.75, 3.05) is 12.4 Å². The first-order valence-electron chi connectivity index (χ1n) is 9.10. The average molecular weight is 363 g/mol. The number of nitrogens with zero attached hydrogens (tertiary/aromatic N) is 3. The van der Waals surface area contributed by atoms with Crippen molar-refractivity contribution in [3.8, 4) is 11.5 Å². The third-order valence-corrected chi connectivity index (χ3v) is 4.67. The Morgan fingerprint density at radius 1 is 1.11 bits per heavy atom. The fraction of sp³-hybridized carbons (Fsp3) is 0.300. The number of amides is 1. The fourth-order valence-electron chi connectivity index (χ4n) is 3.26. The molecule has 27 heavy (non-hydrogen) atoms. The zero-order valence-corrected chi connectivity index (χ0v) is 15.1. The molecule has 7 heteroatoms. The first-order valence-corrected chi connectivity index (χ1v) is 9.10. The molecular weight excluding hydrogens is 342 g/mol. The van der Waals surface area contributed by atoms with Gasteiger partial charge in [0.15, 0.2) is 0 Å². The fourth-order valence-corrected chi connectivity index (χ4v) is 3.26. The van der Waals surface area contributed by atoms with Gasteiger partial charge in [-0.05, 0) is 37.1 Å². The summed E-state index contributed by atoms with van der Waals surface area (Å²) in [6.07, 6.45) is 8.24. The predicted octanol–water partition coefficient (Wildman–Crippen LogP) is 3.53. The first kappa shape index (κ1) is 17.2. The van der Waals surface area contributed by atoms with E-state index in [-0.39, 0.29) is 5.91 Å². The molecule has 1 aliphatic carbocycles. The molecular formula is C20H21N5O2. The lowest BCUT2D eigenvalue weighted by Gasteiger charge is -2.12. The SMILES string of the molecule is CNC(=O)c1cc(Oc2ccc3nc(NC4CCCC4)ncc3c2)ccn1. The number of pyridine rings is 1. The quantitative estimate of drug-likeness (QED) is 0.721. The highest BCUT2D eigenvalue weighted by atomic mass is 16.5. The predicted molar refractivity (Wildman–Crippen MR) is 103 cm³/mol. The molecule has 1 saturated carbocycles. The lowest BCUT2D eigenvalue weighted by molar-refractivity contribution is 0.0958. The van der Waals surface area contributed by atoms with E-state index in [4.69, 9.17) is 4.74 Å². The monoisotopic (exact) mass is 363 g/mol. The molecule has 1 aromatic carbocycles. The van der Waals surface area contributed by atoms with Crippen LogP contribution in [0.1, 0.15) is 36.2 Å². The van der Waals surface area contributed by atoms with Crippen LogP contribution in [0.5, 0.6) is 11.5 Å². The number of hydrogen-bond acceptors (Lipinski definition) is 6. The van der Waals surface area contributed by atoms with Crippen molar-refractivity contribution in [2.24, 2.45) is 0 Å². The van der Waals surface area contributed by atoms with E-state index in [9.17, 15) is 4.79 Å². The van der Waals surface area contributed by atoms with E-state index in [1.54, 1.807) is 31.6 Å². The number of anilines is 1. The maximum atomic E-state index is 11.7. The summed E-state index contributed by atoms with van der Waals surface area (Å²) in [5.74, 6) is 1.61. The summed E-state index contributed by atoms with van der Waals surface area (Å²) < 4.78 is 5.87. The number of ether oxygens (including phenoxy) is 1. The molecule has 0 unspecified atom stereocenters. The number of carbonyl (C=O) groups excluding carboxylic acids is 1. The molecule has 138 valence electrons. The van der Waals surface area contributed by atoms with Gasteiger partial charge in [-0.15, -0.1) is 0 Å². The van der Waals surface area contributed by atoms with Gasteiger partial charge in [0, 0.05) is 36.9 Å².